The van der Waals surface area contributed by atoms with Crippen LogP contribution in [0.15, 0.2) is 97.0 Å². The zero-order chi connectivity index (χ0) is 22.8. The highest BCUT2D eigenvalue weighted by Gasteiger charge is 2.17. The highest BCUT2D eigenvalue weighted by Crippen LogP contribution is 2.27. The van der Waals surface area contributed by atoms with Gasteiger partial charge in [-0.05, 0) is 60.0 Å². The molecule has 33 heavy (non-hydrogen) atoms. The van der Waals surface area contributed by atoms with E-state index in [1.165, 1.54) is 12.2 Å². The van der Waals surface area contributed by atoms with Crippen molar-refractivity contribution in [2.75, 3.05) is 5.32 Å². The standard InChI is InChI=1S/C27H19ClFN3O/c28-21-9-14-24-25(15-21)30-16-26(32-24)19-3-1-17(2-4-19)18-7-12-23(13-8-18)31-27(33)20-5-10-22(29)11-6-20/h1-5,7-16,20H,6H2,(H,31,33). The lowest BCUT2D eigenvalue weighted by Gasteiger charge is -2.14. The molecule has 0 radical (unpaired) electrons. The van der Waals surface area contributed by atoms with Crippen molar-refractivity contribution >= 4 is 34.2 Å². The van der Waals surface area contributed by atoms with E-state index in [2.05, 4.69) is 15.3 Å². The summed E-state index contributed by atoms with van der Waals surface area (Å²) < 4.78 is 13.1. The molecule has 0 saturated heterocycles. The van der Waals surface area contributed by atoms with Gasteiger partial charge in [-0.1, -0.05) is 54.1 Å². The number of carbonyl (C=O) groups excluding carboxylic acids is 1. The Morgan fingerprint density at radius 3 is 2.33 bits per heavy atom. The van der Waals surface area contributed by atoms with Crippen LogP contribution in [0.2, 0.25) is 5.02 Å². The zero-order valence-electron chi connectivity index (χ0n) is 17.5. The average Bonchev–Trinajstić information content (AvgIpc) is 2.85. The Labute approximate surface area is 195 Å². The number of hydrogen-bond acceptors (Lipinski definition) is 3. The molecule has 4 aromatic rings. The molecule has 0 bridgehead atoms. The minimum absolute atomic E-state index is 0.147. The Morgan fingerprint density at radius 1 is 0.939 bits per heavy atom. The smallest absolute Gasteiger partial charge is 0.231 e. The van der Waals surface area contributed by atoms with Crippen LogP contribution in [0.1, 0.15) is 6.42 Å². The van der Waals surface area contributed by atoms with Gasteiger partial charge in [-0.3, -0.25) is 9.78 Å². The van der Waals surface area contributed by atoms with E-state index in [4.69, 9.17) is 11.6 Å². The van der Waals surface area contributed by atoms with Gasteiger partial charge in [0.05, 0.1) is 28.8 Å². The van der Waals surface area contributed by atoms with Crippen LogP contribution in [-0.2, 0) is 4.79 Å². The van der Waals surface area contributed by atoms with Gasteiger partial charge >= 0.3 is 0 Å². The monoisotopic (exact) mass is 455 g/mol. The van der Waals surface area contributed by atoms with E-state index in [0.717, 1.165) is 33.4 Å². The molecule has 1 aromatic heterocycles. The first-order chi connectivity index (χ1) is 16.0. The maximum Gasteiger partial charge on any atom is 0.231 e. The van der Waals surface area contributed by atoms with Gasteiger partial charge in [-0.2, -0.15) is 0 Å². The van der Waals surface area contributed by atoms with Gasteiger partial charge in [0, 0.05) is 16.3 Å². The second-order valence-corrected chi connectivity index (χ2v) is 8.26. The number of hydrogen-bond donors (Lipinski definition) is 1. The van der Waals surface area contributed by atoms with Crippen molar-refractivity contribution in [1.82, 2.24) is 9.97 Å². The first kappa shape index (κ1) is 21.0. The molecule has 1 atom stereocenters. The number of anilines is 1. The van der Waals surface area contributed by atoms with Crippen molar-refractivity contribution in [3.8, 4) is 22.4 Å². The van der Waals surface area contributed by atoms with Gasteiger partial charge in [-0.15, -0.1) is 0 Å². The first-order valence-corrected chi connectivity index (χ1v) is 10.9. The number of nitrogens with zero attached hydrogens (tertiary/aromatic N) is 2. The first-order valence-electron chi connectivity index (χ1n) is 10.5. The van der Waals surface area contributed by atoms with Gasteiger partial charge in [0.15, 0.2) is 0 Å². The maximum absolute atomic E-state index is 13.1. The lowest BCUT2D eigenvalue weighted by atomic mass is 9.99. The summed E-state index contributed by atoms with van der Waals surface area (Å²) in [7, 11) is 0. The average molecular weight is 456 g/mol. The summed E-state index contributed by atoms with van der Waals surface area (Å²) in [6, 6.07) is 21.2. The summed E-state index contributed by atoms with van der Waals surface area (Å²) in [5, 5.41) is 3.53. The summed E-state index contributed by atoms with van der Waals surface area (Å²) in [4.78, 5) is 21.5. The van der Waals surface area contributed by atoms with Crippen LogP contribution >= 0.6 is 11.6 Å². The van der Waals surface area contributed by atoms with Crippen LogP contribution in [0.3, 0.4) is 0 Å². The van der Waals surface area contributed by atoms with E-state index in [1.807, 2.05) is 54.6 Å². The van der Waals surface area contributed by atoms with E-state index < -0.39 is 0 Å². The summed E-state index contributed by atoms with van der Waals surface area (Å²) >= 11 is 6.02. The summed E-state index contributed by atoms with van der Waals surface area (Å²) in [5.41, 5.74) is 6.10. The van der Waals surface area contributed by atoms with Gasteiger partial charge in [-0.25, -0.2) is 9.37 Å². The van der Waals surface area contributed by atoms with Crippen LogP contribution < -0.4 is 5.32 Å². The second kappa shape index (κ2) is 8.96. The maximum atomic E-state index is 13.1. The number of rotatable bonds is 4. The molecule has 4 nitrogen and oxygen atoms in total. The molecule has 1 aliphatic rings. The third kappa shape index (κ3) is 4.69. The molecular formula is C27H19ClFN3O. The van der Waals surface area contributed by atoms with Crippen molar-refractivity contribution in [1.29, 1.82) is 0 Å². The van der Waals surface area contributed by atoms with Gasteiger partial charge in [0.1, 0.15) is 5.83 Å². The van der Waals surface area contributed by atoms with Crippen molar-refractivity contribution < 1.29 is 9.18 Å². The Balaban J connectivity index is 1.29. The van der Waals surface area contributed by atoms with E-state index in [0.29, 0.717) is 17.1 Å². The predicted molar refractivity (Wildman–Crippen MR) is 130 cm³/mol. The van der Waals surface area contributed by atoms with E-state index in [1.54, 1.807) is 24.4 Å². The largest absolute Gasteiger partial charge is 0.326 e. The number of amides is 1. The molecule has 1 aliphatic carbocycles. The minimum Gasteiger partial charge on any atom is -0.326 e. The Kier molecular flexibility index (Phi) is 5.71. The summed E-state index contributed by atoms with van der Waals surface area (Å²) in [6.07, 6.45) is 6.47. The molecule has 3 aromatic carbocycles. The van der Waals surface area contributed by atoms with Crippen molar-refractivity contribution in [3.63, 3.8) is 0 Å². The lowest BCUT2D eigenvalue weighted by Crippen LogP contribution is -2.21. The van der Waals surface area contributed by atoms with Gasteiger partial charge < -0.3 is 5.32 Å². The molecule has 5 rings (SSSR count). The molecule has 1 heterocycles. The van der Waals surface area contributed by atoms with Crippen molar-refractivity contribution in [2.45, 2.75) is 6.42 Å². The molecule has 0 aliphatic heterocycles. The molecule has 1 unspecified atom stereocenters. The number of nitrogens with one attached hydrogen (secondary N) is 1. The number of benzene rings is 3. The summed E-state index contributed by atoms with van der Waals surface area (Å²) in [6.45, 7) is 0. The van der Waals surface area contributed by atoms with Crippen molar-refractivity contribution in [2.24, 2.45) is 5.92 Å². The van der Waals surface area contributed by atoms with Crippen LogP contribution in [0.5, 0.6) is 0 Å². The SMILES string of the molecule is O=C(Nc1ccc(-c2ccc(-c3cnc4cc(Cl)ccc4n3)cc2)cc1)C1C=CC(F)=CC1. The van der Waals surface area contributed by atoms with Gasteiger partial charge in [0.2, 0.25) is 5.91 Å². The third-order valence-electron chi connectivity index (χ3n) is 5.56. The number of fused-ring (bicyclic) bond motifs is 1. The molecule has 1 N–H and O–H groups in total. The summed E-state index contributed by atoms with van der Waals surface area (Å²) in [5.74, 6) is -0.801. The Morgan fingerprint density at radius 2 is 1.64 bits per heavy atom. The third-order valence-corrected chi connectivity index (χ3v) is 5.80. The fourth-order valence-corrected chi connectivity index (χ4v) is 3.89. The quantitative estimate of drug-likeness (QED) is 0.361. The molecule has 0 spiro atoms. The van der Waals surface area contributed by atoms with E-state index >= 15 is 0 Å². The second-order valence-electron chi connectivity index (χ2n) is 7.82. The topological polar surface area (TPSA) is 54.9 Å². The number of halogens is 2. The molecule has 0 saturated carbocycles. The molecular weight excluding hydrogens is 437 g/mol. The minimum atomic E-state index is -0.355. The zero-order valence-corrected chi connectivity index (χ0v) is 18.3. The molecule has 1 amide bonds. The number of carbonyl (C=O) groups is 1. The fraction of sp³-hybridized carbons (Fsp3) is 0.0741. The van der Waals surface area contributed by atoms with Gasteiger partial charge in [0.25, 0.3) is 0 Å². The normalized spacial score (nSPS) is 15.3. The Bertz CT molecular complexity index is 1400. The van der Waals surface area contributed by atoms with Crippen molar-refractivity contribution in [3.05, 3.63) is 102 Å². The molecule has 6 heteroatoms. The van der Waals surface area contributed by atoms with Crippen LogP contribution in [-0.4, -0.2) is 15.9 Å². The number of allylic oxidation sites excluding steroid dienone is 3. The number of aromatic nitrogens is 2. The molecule has 162 valence electrons. The van der Waals surface area contributed by atoms with Crippen LogP contribution in [0.25, 0.3) is 33.4 Å². The fourth-order valence-electron chi connectivity index (χ4n) is 3.73. The lowest BCUT2D eigenvalue weighted by molar-refractivity contribution is -0.118. The predicted octanol–water partition coefficient (Wildman–Crippen LogP) is 6.99. The van der Waals surface area contributed by atoms with E-state index in [9.17, 15) is 9.18 Å². The highest BCUT2D eigenvalue weighted by molar-refractivity contribution is 6.31. The van der Waals surface area contributed by atoms with E-state index in [-0.39, 0.29) is 17.7 Å². The highest BCUT2D eigenvalue weighted by atomic mass is 35.5. The Hall–Kier alpha value is -3.83. The molecule has 0 fully saturated rings. The van der Waals surface area contributed by atoms with Crippen LogP contribution in [0, 0.1) is 5.92 Å². The van der Waals surface area contributed by atoms with Crippen LogP contribution in [0.4, 0.5) is 10.1 Å².